The average molecular weight is 386 g/mol. The number of benzene rings is 1. The first-order valence-corrected chi connectivity index (χ1v) is 10.6. The second-order valence-electron chi connectivity index (χ2n) is 8.38. The monoisotopic (exact) mass is 385 g/mol. The Balaban J connectivity index is 1.54. The number of likely N-dealkylation sites (tertiary alicyclic amines) is 1. The van der Waals surface area contributed by atoms with Crippen molar-refractivity contribution in [3.8, 4) is 0 Å². The molecule has 3 rings (SSSR count). The zero-order valence-corrected chi connectivity index (χ0v) is 17.4. The van der Waals surface area contributed by atoms with Crippen molar-refractivity contribution in [1.29, 1.82) is 0 Å². The fourth-order valence-electron chi connectivity index (χ4n) is 3.69. The van der Waals surface area contributed by atoms with E-state index < -0.39 is 0 Å². The highest BCUT2D eigenvalue weighted by atomic mass is 16.5. The summed E-state index contributed by atoms with van der Waals surface area (Å²) in [4.78, 5) is 15.0. The molecule has 1 saturated heterocycles. The number of rotatable bonds is 9. The Bertz CT molecular complexity index is 765. The van der Waals surface area contributed by atoms with Gasteiger partial charge < -0.3 is 20.3 Å². The van der Waals surface area contributed by atoms with Gasteiger partial charge in [-0.05, 0) is 81.4 Å². The summed E-state index contributed by atoms with van der Waals surface area (Å²) in [5.74, 6) is 1.42. The van der Waals surface area contributed by atoms with Crippen LogP contribution in [0.4, 0.5) is 0 Å². The summed E-state index contributed by atoms with van der Waals surface area (Å²) in [7, 11) is 2.18. The second kappa shape index (κ2) is 10.1. The van der Waals surface area contributed by atoms with E-state index in [1.165, 1.54) is 38.8 Å². The number of ether oxygens (including phenoxy) is 1. The van der Waals surface area contributed by atoms with Gasteiger partial charge in [-0.3, -0.25) is 4.79 Å². The maximum atomic E-state index is 12.6. The number of amides is 1. The normalized spacial score (nSPS) is 19.0. The molecule has 0 spiro atoms. The van der Waals surface area contributed by atoms with Gasteiger partial charge in [-0.2, -0.15) is 0 Å². The molecule has 154 valence electrons. The summed E-state index contributed by atoms with van der Waals surface area (Å²) >= 11 is 0. The summed E-state index contributed by atoms with van der Waals surface area (Å²) in [5, 5.41) is 8.41. The topological polar surface area (TPSA) is 53.6 Å². The maximum absolute atomic E-state index is 12.6. The van der Waals surface area contributed by atoms with Crippen molar-refractivity contribution in [3.05, 3.63) is 33.7 Å². The van der Waals surface area contributed by atoms with Crippen molar-refractivity contribution in [2.45, 2.75) is 32.6 Å². The molecular weight excluding hydrogens is 350 g/mol. The van der Waals surface area contributed by atoms with Crippen LogP contribution in [0.5, 0.6) is 0 Å². The number of carbonyl (C=O) groups excluding carboxylic acids is 1. The first kappa shape index (κ1) is 20.9. The molecule has 0 aromatic heterocycles. The molecule has 0 bridgehead atoms. The minimum Gasteiger partial charge on any atom is -0.390 e. The fraction of sp³-hybridized carbons (Fsp3) is 0.609. The molecule has 1 aliphatic carbocycles. The molecule has 1 aromatic carbocycles. The van der Waals surface area contributed by atoms with Crippen LogP contribution >= 0.6 is 0 Å². The molecule has 0 unspecified atom stereocenters. The summed E-state index contributed by atoms with van der Waals surface area (Å²) in [6, 6.07) is 3.79. The smallest absolute Gasteiger partial charge is 0.251 e. The van der Waals surface area contributed by atoms with E-state index in [1.54, 1.807) is 0 Å². The van der Waals surface area contributed by atoms with E-state index in [2.05, 4.69) is 29.2 Å². The summed E-state index contributed by atoms with van der Waals surface area (Å²) in [6.45, 7) is 11.4. The highest BCUT2D eigenvalue weighted by molar-refractivity contribution is 5.95. The molecular formula is C23H35N3O2. The Kier molecular flexibility index (Phi) is 7.51. The minimum absolute atomic E-state index is 0.0440. The Morgan fingerprint density at radius 2 is 2.00 bits per heavy atom. The maximum Gasteiger partial charge on any atom is 0.251 e. The van der Waals surface area contributed by atoms with Crippen LogP contribution in [0.2, 0.25) is 0 Å². The third-order valence-electron chi connectivity index (χ3n) is 5.92. The van der Waals surface area contributed by atoms with Crippen molar-refractivity contribution < 1.29 is 9.53 Å². The van der Waals surface area contributed by atoms with Crippen LogP contribution in [-0.2, 0) is 4.74 Å². The molecule has 0 atom stereocenters. The number of nitrogens with one attached hydrogen (secondary N) is 2. The average Bonchev–Trinajstić information content (AvgIpc) is 3.50. The molecule has 2 fully saturated rings. The van der Waals surface area contributed by atoms with Crippen molar-refractivity contribution in [2.24, 2.45) is 11.8 Å². The first-order valence-electron chi connectivity index (χ1n) is 10.6. The molecule has 1 heterocycles. The Morgan fingerprint density at radius 1 is 1.25 bits per heavy atom. The van der Waals surface area contributed by atoms with Crippen LogP contribution in [0.15, 0.2) is 12.1 Å². The Hall–Kier alpha value is -1.85. The van der Waals surface area contributed by atoms with Crippen LogP contribution in [0.1, 0.15) is 41.6 Å². The number of hydrogen-bond donors (Lipinski definition) is 2. The van der Waals surface area contributed by atoms with E-state index in [0.717, 1.165) is 35.1 Å². The van der Waals surface area contributed by atoms with E-state index in [-0.39, 0.29) is 5.91 Å². The SMILES string of the molecule is C=c1ccc(C(=O)NCCOCC2CC2)c(C)/c1=C/NCC1CCN(C)CC1. The lowest BCUT2D eigenvalue weighted by atomic mass is 9.97. The van der Waals surface area contributed by atoms with Crippen LogP contribution < -0.4 is 21.1 Å². The third-order valence-corrected chi connectivity index (χ3v) is 5.92. The summed E-state index contributed by atoms with van der Waals surface area (Å²) in [5.41, 5.74) is 1.68. The van der Waals surface area contributed by atoms with Crippen LogP contribution in [0.3, 0.4) is 0 Å². The lowest BCUT2D eigenvalue weighted by Gasteiger charge is -2.28. The molecule has 1 saturated carbocycles. The lowest BCUT2D eigenvalue weighted by Crippen LogP contribution is -2.36. The van der Waals surface area contributed by atoms with Crippen LogP contribution in [-0.4, -0.2) is 57.2 Å². The third kappa shape index (κ3) is 6.08. The van der Waals surface area contributed by atoms with E-state index in [4.69, 9.17) is 4.74 Å². The van der Waals surface area contributed by atoms with E-state index >= 15 is 0 Å². The summed E-state index contributed by atoms with van der Waals surface area (Å²) in [6.07, 6.45) is 7.07. The summed E-state index contributed by atoms with van der Waals surface area (Å²) < 4.78 is 5.59. The van der Waals surface area contributed by atoms with E-state index in [0.29, 0.717) is 24.6 Å². The molecule has 1 aliphatic heterocycles. The Labute approximate surface area is 168 Å². The molecule has 28 heavy (non-hydrogen) atoms. The number of carbonyl (C=O) groups is 1. The highest BCUT2D eigenvalue weighted by Crippen LogP contribution is 2.28. The Morgan fingerprint density at radius 3 is 2.71 bits per heavy atom. The van der Waals surface area contributed by atoms with Gasteiger partial charge in [0.15, 0.2) is 0 Å². The van der Waals surface area contributed by atoms with Gasteiger partial charge in [0.2, 0.25) is 0 Å². The van der Waals surface area contributed by atoms with Gasteiger partial charge >= 0.3 is 0 Å². The fourth-order valence-corrected chi connectivity index (χ4v) is 3.69. The van der Waals surface area contributed by atoms with Gasteiger partial charge in [-0.25, -0.2) is 0 Å². The van der Waals surface area contributed by atoms with Crippen molar-refractivity contribution >= 4 is 18.7 Å². The van der Waals surface area contributed by atoms with Crippen molar-refractivity contribution in [3.63, 3.8) is 0 Å². The minimum atomic E-state index is -0.0440. The molecule has 1 amide bonds. The standard InChI is InChI=1S/C23H35N3O2/c1-17-4-7-21(23(27)25-10-13-28-16-20-5-6-20)18(2)22(17)15-24-14-19-8-11-26(3)12-9-19/h4,7,15,19-20,24H,1,5-6,8-14,16H2,2-3H3,(H,25,27)/b22-15+. The molecule has 5 nitrogen and oxygen atoms in total. The number of hydrogen-bond acceptors (Lipinski definition) is 4. The van der Waals surface area contributed by atoms with E-state index in [1.807, 2.05) is 25.3 Å². The zero-order valence-electron chi connectivity index (χ0n) is 17.4. The first-order chi connectivity index (χ1) is 13.5. The quantitative estimate of drug-likeness (QED) is 0.628. The van der Waals surface area contributed by atoms with Gasteiger partial charge in [-0.1, -0.05) is 12.6 Å². The van der Waals surface area contributed by atoms with Gasteiger partial charge in [0.25, 0.3) is 5.91 Å². The molecule has 2 aliphatic rings. The largest absolute Gasteiger partial charge is 0.390 e. The zero-order chi connectivity index (χ0) is 19.9. The number of piperidine rings is 1. The molecule has 0 radical (unpaired) electrons. The predicted octanol–water partition coefficient (Wildman–Crippen LogP) is 1.23. The van der Waals surface area contributed by atoms with Gasteiger partial charge in [0, 0.05) is 36.7 Å². The van der Waals surface area contributed by atoms with Gasteiger partial charge in [0.05, 0.1) is 6.61 Å². The lowest BCUT2D eigenvalue weighted by molar-refractivity contribution is 0.0906. The van der Waals surface area contributed by atoms with Crippen LogP contribution in [0.25, 0.3) is 12.8 Å². The van der Waals surface area contributed by atoms with Crippen molar-refractivity contribution in [1.82, 2.24) is 15.5 Å². The second-order valence-corrected chi connectivity index (χ2v) is 8.38. The number of nitrogens with zero attached hydrogens (tertiary/aromatic N) is 1. The van der Waals surface area contributed by atoms with Gasteiger partial charge in [-0.15, -0.1) is 0 Å². The van der Waals surface area contributed by atoms with E-state index in [9.17, 15) is 4.79 Å². The molecule has 2 N–H and O–H groups in total. The highest BCUT2D eigenvalue weighted by Gasteiger charge is 2.21. The van der Waals surface area contributed by atoms with Gasteiger partial charge in [0.1, 0.15) is 0 Å². The van der Waals surface area contributed by atoms with Crippen LogP contribution in [0, 0.1) is 18.8 Å². The predicted molar refractivity (Wildman–Crippen MR) is 115 cm³/mol. The molecule has 1 aromatic rings. The van der Waals surface area contributed by atoms with Crippen molar-refractivity contribution in [2.75, 3.05) is 46.4 Å². The molecule has 5 heteroatoms.